The van der Waals surface area contributed by atoms with E-state index in [0.29, 0.717) is 18.8 Å². The summed E-state index contributed by atoms with van der Waals surface area (Å²) in [5.41, 5.74) is 0.784. The van der Waals surface area contributed by atoms with Gasteiger partial charge in [-0.1, -0.05) is 11.3 Å². The maximum atomic E-state index is 12.7. The highest BCUT2D eigenvalue weighted by molar-refractivity contribution is 7.07. The Balaban J connectivity index is 1.66. The third-order valence-electron chi connectivity index (χ3n) is 2.52. The largest absolute Gasteiger partial charge is 0.491 e. The minimum atomic E-state index is -0.689. The Bertz CT molecular complexity index is 582. The third-order valence-corrected chi connectivity index (χ3v) is 3.24. The van der Waals surface area contributed by atoms with Gasteiger partial charge >= 0.3 is 4.87 Å². The highest BCUT2D eigenvalue weighted by Crippen LogP contribution is 2.11. The van der Waals surface area contributed by atoms with Gasteiger partial charge in [0.15, 0.2) is 0 Å². The number of benzene rings is 1. The smallest absolute Gasteiger partial charge is 0.304 e. The number of ether oxygens (including phenoxy) is 1. The quantitative estimate of drug-likeness (QED) is 0.716. The molecule has 0 aliphatic heterocycles. The van der Waals surface area contributed by atoms with Gasteiger partial charge in [0, 0.05) is 24.2 Å². The molecule has 20 heavy (non-hydrogen) atoms. The molecule has 1 heterocycles. The monoisotopic (exact) mass is 298 g/mol. The molecule has 2 aromatic rings. The van der Waals surface area contributed by atoms with Crippen LogP contribution in [-0.4, -0.2) is 29.3 Å². The molecule has 1 aromatic heterocycles. The van der Waals surface area contributed by atoms with Crippen molar-refractivity contribution in [2.75, 3.05) is 13.2 Å². The molecule has 0 saturated heterocycles. The van der Waals surface area contributed by atoms with E-state index in [1.54, 1.807) is 5.38 Å². The first-order valence-corrected chi connectivity index (χ1v) is 6.95. The molecule has 0 bridgehead atoms. The van der Waals surface area contributed by atoms with E-state index in [0.717, 1.165) is 17.0 Å². The van der Waals surface area contributed by atoms with Crippen molar-refractivity contribution in [1.82, 2.24) is 10.3 Å². The number of aliphatic hydroxyl groups is 1. The van der Waals surface area contributed by atoms with Crippen LogP contribution in [0.3, 0.4) is 0 Å². The normalized spacial score (nSPS) is 12.3. The first kappa shape index (κ1) is 14.7. The summed E-state index contributed by atoms with van der Waals surface area (Å²) in [6, 6.07) is 5.61. The highest BCUT2D eigenvalue weighted by atomic mass is 32.1. The summed E-state index contributed by atoms with van der Waals surface area (Å²) in [5.74, 6) is 0.178. The minimum absolute atomic E-state index is 0.0954. The molecule has 0 saturated carbocycles. The van der Waals surface area contributed by atoms with E-state index < -0.39 is 6.10 Å². The van der Waals surface area contributed by atoms with Crippen molar-refractivity contribution in [1.29, 1.82) is 0 Å². The number of rotatable bonds is 7. The number of hydrogen-bond acceptors (Lipinski definition) is 5. The maximum Gasteiger partial charge on any atom is 0.304 e. The fraction of sp³-hybridized carbons (Fsp3) is 0.308. The molecule has 7 heteroatoms. The summed E-state index contributed by atoms with van der Waals surface area (Å²) in [6.07, 6.45) is -0.689. The summed E-state index contributed by atoms with van der Waals surface area (Å²) in [7, 11) is 0. The Morgan fingerprint density at radius 2 is 2.15 bits per heavy atom. The molecule has 0 aliphatic rings. The fourth-order valence-electron chi connectivity index (χ4n) is 1.56. The van der Waals surface area contributed by atoms with Crippen LogP contribution in [0.2, 0.25) is 0 Å². The molecular formula is C13H15FN2O3S. The van der Waals surface area contributed by atoms with Gasteiger partial charge in [-0.2, -0.15) is 0 Å². The summed E-state index contributed by atoms with van der Waals surface area (Å²) >= 11 is 1.10. The van der Waals surface area contributed by atoms with Crippen molar-refractivity contribution in [3.05, 3.63) is 50.8 Å². The van der Waals surface area contributed by atoms with Gasteiger partial charge in [-0.3, -0.25) is 4.79 Å². The first-order chi connectivity index (χ1) is 9.63. The van der Waals surface area contributed by atoms with Gasteiger partial charge in [0.05, 0.1) is 0 Å². The molecule has 0 radical (unpaired) electrons. The van der Waals surface area contributed by atoms with Gasteiger partial charge in [0.1, 0.15) is 24.3 Å². The van der Waals surface area contributed by atoms with Crippen LogP contribution in [0, 0.1) is 5.82 Å². The first-order valence-electron chi connectivity index (χ1n) is 6.07. The van der Waals surface area contributed by atoms with E-state index in [4.69, 9.17) is 4.74 Å². The molecule has 0 amide bonds. The molecule has 0 spiro atoms. The molecule has 0 fully saturated rings. The fourth-order valence-corrected chi connectivity index (χ4v) is 2.14. The van der Waals surface area contributed by atoms with E-state index >= 15 is 0 Å². The van der Waals surface area contributed by atoms with Gasteiger partial charge in [0.2, 0.25) is 0 Å². The molecule has 5 nitrogen and oxygen atoms in total. The lowest BCUT2D eigenvalue weighted by Crippen LogP contribution is -2.31. The third kappa shape index (κ3) is 4.76. The minimum Gasteiger partial charge on any atom is -0.491 e. The van der Waals surface area contributed by atoms with Crippen molar-refractivity contribution >= 4 is 11.3 Å². The number of halogens is 1. The standard InChI is InChI=1S/C13H15FN2O3S/c14-9-1-3-12(4-2-9)19-7-11(17)6-15-5-10-8-20-13(18)16-10/h1-4,8,11,15,17H,5-7H2,(H,16,18). The van der Waals surface area contributed by atoms with Crippen molar-refractivity contribution in [3.63, 3.8) is 0 Å². The van der Waals surface area contributed by atoms with E-state index in [1.807, 2.05) is 0 Å². The van der Waals surface area contributed by atoms with Gasteiger partial charge in [-0.15, -0.1) is 0 Å². The van der Waals surface area contributed by atoms with Crippen LogP contribution in [0.5, 0.6) is 5.75 Å². The van der Waals surface area contributed by atoms with Gasteiger partial charge in [0.25, 0.3) is 0 Å². The number of aromatic amines is 1. The topological polar surface area (TPSA) is 74.4 Å². The lowest BCUT2D eigenvalue weighted by atomic mass is 10.3. The van der Waals surface area contributed by atoms with Crippen LogP contribution >= 0.6 is 11.3 Å². The average Bonchev–Trinajstić information content (AvgIpc) is 2.84. The Hall–Kier alpha value is -1.70. The second-order valence-electron chi connectivity index (χ2n) is 4.22. The summed E-state index contributed by atoms with van der Waals surface area (Å²) in [6.45, 7) is 0.921. The van der Waals surface area contributed by atoms with Crippen molar-refractivity contribution in [3.8, 4) is 5.75 Å². The SMILES string of the molecule is O=c1[nH]c(CNCC(O)COc2ccc(F)cc2)cs1. The summed E-state index contributed by atoms with van der Waals surface area (Å²) in [5, 5.41) is 14.5. The van der Waals surface area contributed by atoms with Crippen molar-refractivity contribution in [2.45, 2.75) is 12.6 Å². The van der Waals surface area contributed by atoms with Crippen LogP contribution in [0.25, 0.3) is 0 Å². The van der Waals surface area contributed by atoms with Gasteiger partial charge < -0.3 is 20.1 Å². The molecule has 108 valence electrons. The number of H-pyrrole nitrogens is 1. The zero-order valence-electron chi connectivity index (χ0n) is 10.6. The molecule has 0 aliphatic carbocycles. The van der Waals surface area contributed by atoms with Crippen LogP contribution < -0.4 is 14.9 Å². The molecular weight excluding hydrogens is 283 g/mol. The molecule has 1 aromatic carbocycles. The molecule has 3 N–H and O–H groups in total. The van der Waals surface area contributed by atoms with Crippen LogP contribution in [0.1, 0.15) is 5.69 Å². The zero-order chi connectivity index (χ0) is 14.4. The van der Waals surface area contributed by atoms with Crippen LogP contribution in [-0.2, 0) is 6.54 Å². The number of aromatic nitrogens is 1. The Morgan fingerprint density at radius 1 is 1.40 bits per heavy atom. The zero-order valence-corrected chi connectivity index (χ0v) is 11.5. The van der Waals surface area contributed by atoms with Crippen molar-refractivity contribution in [2.24, 2.45) is 0 Å². The maximum absolute atomic E-state index is 12.7. The molecule has 2 rings (SSSR count). The molecule has 1 unspecified atom stereocenters. The predicted octanol–water partition coefficient (Wildman–Crippen LogP) is 1.10. The van der Waals surface area contributed by atoms with Gasteiger partial charge in [-0.05, 0) is 24.3 Å². The molecule has 1 atom stereocenters. The van der Waals surface area contributed by atoms with Crippen LogP contribution in [0.15, 0.2) is 34.4 Å². The van der Waals surface area contributed by atoms with E-state index in [2.05, 4.69) is 10.3 Å². The Labute approximate surface area is 119 Å². The van der Waals surface area contributed by atoms with Crippen LogP contribution in [0.4, 0.5) is 4.39 Å². The number of nitrogens with one attached hydrogen (secondary N) is 2. The second kappa shape index (κ2) is 7.18. The highest BCUT2D eigenvalue weighted by Gasteiger charge is 2.05. The Kier molecular flexibility index (Phi) is 5.28. The average molecular weight is 298 g/mol. The second-order valence-corrected chi connectivity index (χ2v) is 5.07. The Morgan fingerprint density at radius 3 is 2.80 bits per heavy atom. The summed E-state index contributed by atoms with van der Waals surface area (Å²) < 4.78 is 18.0. The lowest BCUT2D eigenvalue weighted by molar-refractivity contribution is 0.106. The lowest BCUT2D eigenvalue weighted by Gasteiger charge is -2.12. The van der Waals surface area contributed by atoms with Crippen molar-refractivity contribution < 1.29 is 14.2 Å². The number of thiazole rings is 1. The van der Waals surface area contributed by atoms with E-state index in [9.17, 15) is 14.3 Å². The van der Waals surface area contributed by atoms with Gasteiger partial charge in [-0.25, -0.2) is 4.39 Å². The predicted molar refractivity (Wildman–Crippen MR) is 74.5 cm³/mol. The van der Waals surface area contributed by atoms with E-state index in [1.165, 1.54) is 24.3 Å². The van der Waals surface area contributed by atoms with E-state index in [-0.39, 0.29) is 17.3 Å². The number of hydrogen-bond donors (Lipinski definition) is 3. The number of aliphatic hydroxyl groups excluding tert-OH is 1. The summed E-state index contributed by atoms with van der Waals surface area (Å²) in [4.78, 5) is 13.5.